The van der Waals surface area contributed by atoms with Crippen molar-refractivity contribution < 1.29 is 14.6 Å². The summed E-state index contributed by atoms with van der Waals surface area (Å²) in [5, 5.41) is 9.05. The smallest absolute Gasteiger partial charge is 0.303 e. The van der Waals surface area contributed by atoms with E-state index in [0.29, 0.717) is 5.92 Å². The molecule has 0 radical (unpaired) electrons. The zero-order chi connectivity index (χ0) is 13.4. The van der Waals surface area contributed by atoms with E-state index in [4.69, 9.17) is 9.84 Å². The van der Waals surface area contributed by atoms with Crippen LogP contribution in [0.15, 0.2) is 24.5 Å². The van der Waals surface area contributed by atoms with Crippen molar-refractivity contribution in [2.45, 2.75) is 44.9 Å². The molecule has 0 bridgehead atoms. The number of hydrogen-bond acceptors (Lipinski definition) is 2. The fourth-order valence-corrected chi connectivity index (χ4v) is 2.91. The number of carboxylic acids is 1. The van der Waals surface area contributed by atoms with E-state index in [1.807, 2.05) is 12.3 Å². The summed E-state index contributed by atoms with van der Waals surface area (Å²) in [7, 11) is 1.66. The molecule has 1 fully saturated rings. The second-order valence-corrected chi connectivity index (χ2v) is 5.00. The molecule has 3 nitrogen and oxygen atoms in total. The molecule has 0 aliphatic heterocycles. The van der Waals surface area contributed by atoms with E-state index in [0.717, 1.165) is 38.5 Å². The third kappa shape index (κ3) is 4.55. The average Bonchev–Trinajstić information content (AvgIpc) is 2.50. The van der Waals surface area contributed by atoms with Gasteiger partial charge >= 0.3 is 5.97 Å². The van der Waals surface area contributed by atoms with Crippen LogP contribution < -0.4 is 0 Å². The lowest BCUT2D eigenvalue weighted by Crippen LogP contribution is -2.19. The maximum absolute atomic E-state index is 11.0. The molecule has 102 valence electrons. The van der Waals surface area contributed by atoms with E-state index in [1.165, 1.54) is 5.57 Å². The number of aliphatic carboxylic acids is 1. The Balaban J connectivity index is 2.84. The molecule has 1 saturated carbocycles. The number of allylic oxidation sites excluding steroid dienone is 2. The van der Waals surface area contributed by atoms with Gasteiger partial charge in [-0.3, -0.25) is 4.79 Å². The van der Waals surface area contributed by atoms with Gasteiger partial charge in [0.05, 0.1) is 13.4 Å². The summed E-state index contributed by atoms with van der Waals surface area (Å²) in [5.41, 5.74) is 1.28. The summed E-state index contributed by atoms with van der Waals surface area (Å²) in [6, 6.07) is 0. The minimum absolute atomic E-state index is 0.242. The van der Waals surface area contributed by atoms with Gasteiger partial charge in [0.1, 0.15) is 0 Å². The SMILES string of the molecule is C=CCCC1/C(=C\OC)CCCCC1CC(=O)O. The van der Waals surface area contributed by atoms with Gasteiger partial charge in [-0.1, -0.05) is 12.5 Å². The number of hydrogen-bond donors (Lipinski definition) is 1. The molecule has 0 aromatic heterocycles. The summed E-state index contributed by atoms with van der Waals surface area (Å²) >= 11 is 0. The van der Waals surface area contributed by atoms with Crippen molar-refractivity contribution in [3.05, 3.63) is 24.5 Å². The monoisotopic (exact) mass is 252 g/mol. The molecule has 0 heterocycles. The van der Waals surface area contributed by atoms with Crippen molar-refractivity contribution in [1.29, 1.82) is 0 Å². The molecule has 1 N–H and O–H groups in total. The molecule has 2 atom stereocenters. The van der Waals surface area contributed by atoms with Crippen LogP contribution in [0.5, 0.6) is 0 Å². The van der Waals surface area contributed by atoms with Crippen molar-refractivity contribution in [2.24, 2.45) is 11.8 Å². The average molecular weight is 252 g/mol. The summed E-state index contributed by atoms with van der Waals surface area (Å²) in [6.07, 6.45) is 10.2. The Labute approximate surface area is 110 Å². The van der Waals surface area contributed by atoms with E-state index in [-0.39, 0.29) is 12.3 Å². The number of rotatable bonds is 6. The van der Waals surface area contributed by atoms with Gasteiger partial charge < -0.3 is 9.84 Å². The van der Waals surface area contributed by atoms with Crippen LogP contribution in [0.2, 0.25) is 0 Å². The lowest BCUT2D eigenvalue weighted by atomic mass is 9.80. The van der Waals surface area contributed by atoms with Crippen molar-refractivity contribution in [1.82, 2.24) is 0 Å². The largest absolute Gasteiger partial charge is 0.504 e. The molecule has 1 rings (SSSR count). The molecular weight excluding hydrogens is 228 g/mol. The van der Waals surface area contributed by atoms with Crippen molar-refractivity contribution in [2.75, 3.05) is 7.11 Å². The highest BCUT2D eigenvalue weighted by Crippen LogP contribution is 2.37. The van der Waals surface area contributed by atoms with E-state index in [9.17, 15) is 4.79 Å². The number of methoxy groups -OCH3 is 1. The van der Waals surface area contributed by atoms with Crippen LogP contribution in [-0.2, 0) is 9.53 Å². The molecule has 1 aliphatic rings. The van der Waals surface area contributed by atoms with Gasteiger partial charge in [-0.2, -0.15) is 0 Å². The fourth-order valence-electron chi connectivity index (χ4n) is 2.91. The third-order valence-electron chi connectivity index (χ3n) is 3.72. The topological polar surface area (TPSA) is 46.5 Å². The zero-order valence-corrected chi connectivity index (χ0v) is 11.2. The van der Waals surface area contributed by atoms with Gasteiger partial charge in [-0.05, 0) is 49.5 Å². The maximum atomic E-state index is 11.0. The first-order chi connectivity index (χ1) is 8.69. The van der Waals surface area contributed by atoms with Crippen molar-refractivity contribution >= 4 is 5.97 Å². The van der Waals surface area contributed by atoms with Gasteiger partial charge in [0.2, 0.25) is 0 Å². The van der Waals surface area contributed by atoms with Crippen LogP contribution in [-0.4, -0.2) is 18.2 Å². The fraction of sp³-hybridized carbons (Fsp3) is 0.667. The minimum atomic E-state index is -0.692. The highest BCUT2D eigenvalue weighted by atomic mass is 16.5. The Hall–Kier alpha value is -1.25. The number of carbonyl (C=O) groups is 1. The predicted molar refractivity (Wildman–Crippen MR) is 72.2 cm³/mol. The highest BCUT2D eigenvalue weighted by molar-refractivity contribution is 5.67. The Morgan fingerprint density at radius 2 is 2.33 bits per heavy atom. The van der Waals surface area contributed by atoms with E-state index >= 15 is 0 Å². The molecule has 2 unspecified atom stereocenters. The normalized spacial score (nSPS) is 26.6. The molecule has 18 heavy (non-hydrogen) atoms. The lowest BCUT2D eigenvalue weighted by molar-refractivity contribution is -0.138. The van der Waals surface area contributed by atoms with Gasteiger partial charge in [0.15, 0.2) is 0 Å². The van der Waals surface area contributed by atoms with Gasteiger partial charge in [0.25, 0.3) is 0 Å². The Kier molecular flexibility index (Phi) is 6.55. The molecule has 0 amide bonds. The Morgan fingerprint density at radius 3 is 2.94 bits per heavy atom. The minimum Gasteiger partial charge on any atom is -0.504 e. The summed E-state index contributed by atoms with van der Waals surface area (Å²) in [5.74, 6) is -0.116. The third-order valence-corrected chi connectivity index (χ3v) is 3.72. The van der Waals surface area contributed by atoms with Crippen LogP contribution >= 0.6 is 0 Å². The molecule has 0 aromatic rings. The maximum Gasteiger partial charge on any atom is 0.303 e. The standard InChI is InChI=1S/C15H24O3/c1-3-4-9-14-12(10-15(16)17)7-5-6-8-13(14)11-18-2/h3,11-12,14H,1,4-10H2,2H3,(H,16,17)/b13-11-. The molecule has 0 spiro atoms. The molecule has 0 aromatic carbocycles. The highest BCUT2D eigenvalue weighted by Gasteiger charge is 2.28. The predicted octanol–water partition coefficient (Wildman–Crippen LogP) is 3.76. The second-order valence-electron chi connectivity index (χ2n) is 5.00. The molecule has 1 aliphatic carbocycles. The van der Waals surface area contributed by atoms with Crippen LogP contribution in [0.4, 0.5) is 0 Å². The number of ether oxygens (including phenoxy) is 1. The molecular formula is C15H24O3. The Morgan fingerprint density at radius 1 is 1.56 bits per heavy atom. The van der Waals surface area contributed by atoms with Crippen molar-refractivity contribution in [3.63, 3.8) is 0 Å². The summed E-state index contributed by atoms with van der Waals surface area (Å²) in [4.78, 5) is 11.0. The first kappa shape index (κ1) is 14.8. The van der Waals surface area contributed by atoms with Gasteiger partial charge in [-0.25, -0.2) is 0 Å². The zero-order valence-electron chi connectivity index (χ0n) is 11.2. The lowest BCUT2D eigenvalue weighted by Gasteiger charge is -2.25. The van der Waals surface area contributed by atoms with E-state index < -0.39 is 5.97 Å². The van der Waals surface area contributed by atoms with Crippen LogP contribution in [0.25, 0.3) is 0 Å². The second kappa shape index (κ2) is 7.96. The van der Waals surface area contributed by atoms with Gasteiger partial charge in [0, 0.05) is 6.42 Å². The first-order valence-corrected chi connectivity index (χ1v) is 6.73. The van der Waals surface area contributed by atoms with Crippen LogP contribution in [0.3, 0.4) is 0 Å². The van der Waals surface area contributed by atoms with Crippen LogP contribution in [0, 0.1) is 11.8 Å². The van der Waals surface area contributed by atoms with Crippen molar-refractivity contribution in [3.8, 4) is 0 Å². The summed E-state index contributed by atoms with van der Waals surface area (Å²) in [6.45, 7) is 3.76. The van der Waals surface area contributed by atoms with E-state index in [2.05, 4.69) is 6.58 Å². The number of carboxylic acid groups (broad SMARTS) is 1. The van der Waals surface area contributed by atoms with E-state index in [1.54, 1.807) is 7.11 Å². The summed E-state index contributed by atoms with van der Waals surface area (Å²) < 4.78 is 5.17. The molecule has 3 heteroatoms. The quantitative estimate of drug-likeness (QED) is 0.445. The molecule has 0 saturated heterocycles. The van der Waals surface area contributed by atoms with Crippen LogP contribution in [0.1, 0.15) is 44.9 Å². The van der Waals surface area contributed by atoms with Gasteiger partial charge in [-0.15, -0.1) is 6.58 Å². The first-order valence-electron chi connectivity index (χ1n) is 6.73. The Bertz CT molecular complexity index is 307.